The van der Waals surface area contributed by atoms with Crippen molar-refractivity contribution in [2.24, 2.45) is 10.7 Å². The van der Waals surface area contributed by atoms with Gasteiger partial charge in [-0.3, -0.25) is 4.99 Å². The summed E-state index contributed by atoms with van der Waals surface area (Å²) in [6.45, 7) is 13.2. The van der Waals surface area contributed by atoms with E-state index in [1.807, 2.05) is 43.3 Å². The van der Waals surface area contributed by atoms with Crippen LogP contribution in [0.2, 0.25) is 0 Å². The van der Waals surface area contributed by atoms with Crippen LogP contribution < -0.4 is 21.7 Å². The number of nitrogens with one attached hydrogen (secondary N) is 3. The summed E-state index contributed by atoms with van der Waals surface area (Å²) in [5.74, 6) is -1.43. The lowest BCUT2D eigenvalue weighted by Gasteiger charge is -2.19. The van der Waals surface area contributed by atoms with Gasteiger partial charge in [-0.15, -0.1) is 0 Å². The fourth-order valence-corrected chi connectivity index (χ4v) is 5.00. The van der Waals surface area contributed by atoms with Crippen molar-refractivity contribution < 1.29 is 8.78 Å². The Balaban J connectivity index is 1.44. The molecule has 0 amide bonds. The largest absolute Gasteiger partial charge is 0.398 e. The summed E-state index contributed by atoms with van der Waals surface area (Å²) in [4.78, 5) is 13.6. The number of nitriles is 1. The van der Waals surface area contributed by atoms with Crippen LogP contribution in [0.15, 0.2) is 78.6 Å². The SMILES string of the molecule is C=C(N)C(CCC1CCCN1)=N/C(=C\C)c1ccc(CNc2ncc(C#N)nc2C(=C)NC(C)c2ccc(F)c(F)c2)cc1. The summed E-state index contributed by atoms with van der Waals surface area (Å²) in [5, 5.41) is 19.3. The second-order valence-corrected chi connectivity index (χ2v) is 10.7. The Morgan fingerprint density at radius 3 is 2.64 bits per heavy atom. The summed E-state index contributed by atoms with van der Waals surface area (Å²) in [5.41, 5.74) is 11.5. The average Bonchev–Trinajstić information content (AvgIpc) is 3.55. The van der Waals surface area contributed by atoms with Gasteiger partial charge >= 0.3 is 0 Å². The van der Waals surface area contributed by atoms with Gasteiger partial charge in [-0.2, -0.15) is 5.26 Å². The number of hydrogen-bond donors (Lipinski definition) is 4. The Hall–Kier alpha value is -4.88. The van der Waals surface area contributed by atoms with Gasteiger partial charge in [0.25, 0.3) is 0 Å². The first-order chi connectivity index (χ1) is 21.2. The lowest BCUT2D eigenvalue weighted by molar-refractivity contribution is 0.504. The first-order valence-corrected chi connectivity index (χ1v) is 14.6. The van der Waals surface area contributed by atoms with Crippen molar-refractivity contribution >= 4 is 22.9 Å². The average molecular weight is 597 g/mol. The van der Waals surface area contributed by atoms with Crippen LogP contribution in [0, 0.1) is 23.0 Å². The highest BCUT2D eigenvalue weighted by atomic mass is 19.2. The molecule has 2 unspecified atom stereocenters. The van der Waals surface area contributed by atoms with E-state index in [2.05, 4.69) is 39.1 Å². The van der Waals surface area contributed by atoms with Crippen molar-refractivity contribution in [1.29, 1.82) is 5.26 Å². The molecule has 0 aliphatic carbocycles. The van der Waals surface area contributed by atoms with Gasteiger partial charge in [-0.25, -0.2) is 18.7 Å². The third-order valence-electron chi connectivity index (χ3n) is 7.51. The van der Waals surface area contributed by atoms with E-state index in [4.69, 9.17) is 10.7 Å². The highest BCUT2D eigenvalue weighted by molar-refractivity contribution is 6.01. The van der Waals surface area contributed by atoms with E-state index in [9.17, 15) is 14.0 Å². The number of benzene rings is 2. The van der Waals surface area contributed by atoms with Gasteiger partial charge in [-0.1, -0.05) is 49.6 Å². The number of hydrogen-bond acceptors (Lipinski definition) is 8. The maximum absolute atomic E-state index is 13.8. The van der Waals surface area contributed by atoms with E-state index < -0.39 is 17.7 Å². The minimum absolute atomic E-state index is 0.122. The van der Waals surface area contributed by atoms with Crippen LogP contribution in [0.4, 0.5) is 14.6 Å². The molecule has 228 valence electrons. The fourth-order valence-electron chi connectivity index (χ4n) is 5.00. The molecule has 1 saturated heterocycles. The number of aliphatic imine (C=N–C) groups is 1. The standard InChI is InChI=1S/C34H38F2N8/c1-5-31(44-32(21(2)38)15-13-27-7-6-16-39-27)25-10-8-24(9-11-25)19-40-34-33(43-28(18-37)20-41-34)23(4)42-22(3)26-12-14-29(35)30(36)17-26/h5,8-12,14,17,20,22,27,39,42H,2,4,6-7,13,15-16,19,38H2,1,3H3,(H,40,41)/b31-5-,44-32?. The quantitative estimate of drug-likeness (QED) is 0.169. The summed E-state index contributed by atoms with van der Waals surface area (Å²) < 4.78 is 27.2. The van der Waals surface area contributed by atoms with Crippen molar-refractivity contribution in [3.05, 3.63) is 113 Å². The number of nitrogens with zero attached hydrogens (tertiary/aromatic N) is 4. The Labute approximate surface area is 257 Å². The van der Waals surface area contributed by atoms with E-state index in [0.717, 1.165) is 54.1 Å². The monoisotopic (exact) mass is 596 g/mol. The Morgan fingerprint density at radius 2 is 2.00 bits per heavy atom. The van der Waals surface area contributed by atoms with E-state index in [-0.39, 0.29) is 5.69 Å². The molecule has 0 saturated carbocycles. The van der Waals surface area contributed by atoms with Crippen molar-refractivity contribution in [2.75, 3.05) is 11.9 Å². The number of anilines is 1. The Kier molecular flexibility index (Phi) is 10.9. The van der Waals surface area contributed by atoms with E-state index in [0.29, 0.717) is 41.1 Å². The topological polar surface area (TPSA) is 124 Å². The molecule has 3 aromatic rings. The van der Waals surface area contributed by atoms with Crippen molar-refractivity contribution in [3.63, 3.8) is 0 Å². The smallest absolute Gasteiger partial charge is 0.159 e. The number of allylic oxidation sites excluding steroid dienone is 2. The Morgan fingerprint density at radius 1 is 1.23 bits per heavy atom. The van der Waals surface area contributed by atoms with Crippen LogP contribution in [-0.2, 0) is 6.54 Å². The molecule has 1 aromatic heterocycles. The van der Waals surface area contributed by atoms with Crippen molar-refractivity contribution in [2.45, 2.75) is 58.2 Å². The normalized spacial score (nSPS) is 15.8. The third kappa shape index (κ3) is 8.36. The number of nitrogens with two attached hydrogens (primary N) is 1. The molecule has 10 heteroatoms. The molecule has 1 fully saturated rings. The minimum atomic E-state index is -0.933. The summed E-state index contributed by atoms with van der Waals surface area (Å²) in [7, 11) is 0. The lowest BCUT2D eigenvalue weighted by atomic mass is 10.0. The number of aromatic nitrogens is 2. The van der Waals surface area contributed by atoms with E-state index >= 15 is 0 Å². The minimum Gasteiger partial charge on any atom is -0.398 e. The second-order valence-electron chi connectivity index (χ2n) is 10.7. The highest BCUT2D eigenvalue weighted by Gasteiger charge is 2.17. The lowest BCUT2D eigenvalue weighted by Crippen LogP contribution is -2.23. The van der Waals surface area contributed by atoms with Crippen molar-refractivity contribution in [3.8, 4) is 6.07 Å². The maximum atomic E-state index is 13.8. The summed E-state index contributed by atoms with van der Waals surface area (Å²) >= 11 is 0. The first kappa shape index (κ1) is 32.0. The highest BCUT2D eigenvalue weighted by Crippen LogP contribution is 2.24. The van der Waals surface area contributed by atoms with Crippen LogP contribution >= 0.6 is 0 Å². The molecule has 1 aliphatic rings. The van der Waals surface area contributed by atoms with Gasteiger partial charge in [-0.05, 0) is 74.9 Å². The maximum Gasteiger partial charge on any atom is 0.159 e. The molecule has 4 rings (SSSR count). The van der Waals surface area contributed by atoms with Gasteiger partial charge in [0, 0.05) is 24.3 Å². The predicted molar refractivity (Wildman–Crippen MR) is 172 cm³/mol. The van der Waals surface area contributed by atoms with Crippen LogP contribution in [-0.4, -0.2) is 28.3 Å². The molecule has 8 nitrogen and oxygen atoms in total. The fraction of sp³-hybridized carbons (Fsp3) is 0.294. The molecule has 2 aromatic carbocycles. The molecule has 44 heavy (non-hydrogen) atoms. The molecule has 1 aliphatic heterocycles. The molecule has 2 heterocycles. The zero-order valence-electron chi connectivity index (χ0n) is 25.1. The van der Waals surface area contributed by atoms with Crippen LogP contribution in [0.1, 0.15) is 73.7 Å². The molecular weight excluding hydrogens is 558 g/mol. The second kappa shape index (κ2) is 15.0. The van der Waals surface area contributed by atoms with E-state index in [1.54, 1.807) is 6.92 Å². The zero-order chi connectivity index (χ0) is 31.6. The zero-order valence-corrected chi connectivity index (χ0v) is 25.1. The summed E-state index contributed by atoms with van der Waals surface area (Å²) in [6.07, 6.45) is 7.45. The number of rotatable bonds is 13. The van der Waals surface area contributed by atoms with Gasteiger partial charge < -0.3 is 21.7 Å². The molecule has 5 N–H and O–H groups in total. The van der Waals surface area contributed by atoms with Gasteiger partial charge in [0.1, 0.15) is 11.8 Å². The van der Waals surface area contributed by atoms with Gasteiger partial charge in [0.15, 0.2) is 23.1 Å². The van der Waals surface area contributed by atoms with Gasteiger partial charge in [0.05, 0.1) is 23.3 Å². The molecule has 0 bridgehead atoms. The van der Waals surface area contributed by atoms with Crippen LogP contribution in [0.3, 0.4) is 0 Å². The van der Waals surface area contributed by atoms with Crippen molar-refractivity contribution in [1.82, 2.24) is 20.6 Å². The molecule has 0 radical (unpaired) electrons. The molecule has 0 spiro atoms. The number of halogens is 2. The first-order valence-electron chi connectivity index (χ1n) is 14.6. The van der Waals surface area contributed by atoms with E-state index in [1.165, 1.54) is 25.1 Å². The predicted octanol–water partition coefficient (Wildman–Crippen LogP) is 6.37. The molecule has 2 atom stereocenters. The molecular formula is C34H38F2N8. The van der Waals surface area contributed by atoms with Crippen LogP contribution in [0.25, 0.3) is 11.4 Å². The third-order valence-corrected chi connectivity index (χ3v) is 7.51. The Bertz CT molecular complexity index is 1600. The summed E-state index contributed by atoms with van der Waals surface area (Å²) in [6, 6.07) is 13.8. The van der Waals surface area contributed by atoms with Crippen LogP contribution in [0.5, 0.6) is 0 Å². The van der Waals surface area contributed by atoms with Gasteiger partial charge in [0.2, 0.25) is 0 Å².